The van der Waals surface area contributed by atoms with E-state index in [0.29, 0.717) is 19.8 Å². The minimum atomic E-state index is -1.16. The van der Waals surface area contributed by atoms with E-state index in [0.717, 1.165) is 24.2 Å². The van der Waals surface area contributed by atoms with E-state index in [9.17, 15) is 9.59 Å². The molecule has 2 N–H and O–H groups in total. The van der Waals surface area contributed by atoms with Gasteiger partial charge in [0.15, 0.2) is 0 Å². The maximum absolute atomic E-state index is 12.6. The van der Waals surface area contributed by atoms with Gasteiger partial charge in [-0.15, -0.1) is 0 Å². The van der Waals surface area contributed by atoms with Crippen LogP contribution in [0.25, 0.3) is 0 Å². The summed E-state index contributed by atoms with van der Waals surface area (Å²) in [6, 6.07) is 10.6. The van der Waals surface area contributed by atoms with Gasteiger partial charge < -0.3 is 19.9 Å². The summed E-state index contributed by atoms with van der Waals surface area (Å²) in [5.41, 5.74) is 1.01. The van der Waals surface area contributed by atoms with Crippen LogP contribution in [0.2, 0.25) is 0 Å². The van der Waals surface area contributed by atoms with Crippen LogP contribution in [0.5, 0.6) is 5.75 Å². The van der Waals surface area contributed by atoms with Crippen molar-refractivity contribution >= 4 is 11.9 Å². The largest absolute Gasteiger partial charge is 0.497 e. The molecule has 2 aromatic rings. The number of nitrogens with one attached hydrogen (secondary N) is 1. The number of benzene rings is 1. The highest BCUT2D eigenvalue weighted by molar-refractivity contribution is 5.96. The lowest BCUT2D eigenvalue weighted by molar-refractivity contribution is 0.0487. The molecule has 1 aromatic heterocycles. The van der Waals surface area contributed by atoms with E-state index in [1.54, 1.807) is 7.11 Å². The zero-order chi connectivity index (χ0) is 19.3. The van der Waals surface area contributed by atoms with Crippen LogP contribution in [0.4, 0.5) is 0 Å². The number of hydrogen-bond acceptors (Lipinski definition) is 5. The predicted molar refractivity (Wildman–Crippen MR) is 98.3 cm³/mol. The van der Waals surface area contributed by atoms with Crippen LogP contribution in [0.1, 0.15) is 39.3 Å². The average molecular weight is 370 g/mol. The summed E-state index contributed by atoms with van der Waals surface area (Å²) < 4.78 is 10.7. The van der Waals surface area contributed by atoms with Gasteiger partial charge in [-0.3, -0.25) is 4.79 Å². The number of methoxy groups -OCH3 is 1. The van der Waals surface area contributed by atoms with Gasteiger partial charge in [0.25, 0.3) is 5.91 Å². The summed E-state index contributed by atoms with van der Waals surface area (Å²) in [7, 11) is 1.62. The molecule has 0 radical (unpaired) electrons. The Bertz CT molecular complexity index is 813. The van der Waals surface area contributed by atoms with E-state index in [1.807, 2.05) is 24.3 Å². The molecule has 7 nitrogen and oxygen atoms in total. The van der Waals surface area contributed by atoms with E-state index in [2.05, 4.69) is 10.3 Å². The molecule has 1 aliphatic heterocycles. The maximum Gasteiger partial charge on any atom is 0.354 e. The second kappa shape index (κ2) is 8.18. The van der Waals surface area contributed by atoms with Crippen molar-refractivity contribution in [2.45, 2.75) is 18.3 Å². The van der Waals surface area contributed by atoms with Gasteiger partial charge in [-0.1, -0.05) is 12.1 Å². The molecule has 7 heteroatoms. The Balaban J connectivity index is 1.77. The zero-order valence-corrected chi connectivity index (χ0v) is 15.1. The molecule has 1 aromatic carbocycles. The van der Waals surface area contributed by atoms with Gasteiger partial charge in [0, 0.05) is 36.9 Å². The first-order chi connectivity index (χ1) is 13.0. The number of amides is 1. The Morgan fingerprint density at radius 2 is 1.93 bits per heavy atom. The van der Waals surface area contributed by atoms with E-state index in [1.165, 1.54) is 18.3 Å². The quantitative estimate of drug-likeness (QED) is 0.809. The van der Waals surface area contributed by atoms with Crippen LogP contribution in [0.15, 0.2) is 42.6 Å². The Morgan fingerprint density at radius 3 is 2.56 bits per heavy atom. The normalized spacial score (nSPS) is 15.7. The molecular formula is C20H22N2O5. The molecule has 2 heterocycles. The predicted octanol–water partition coefficient (Wildman–Crippen LogP) is 2.27. The number of carbonyl (C=O) groups is 2. The third-order valence-corrected chi connectivity index (χ3v) is 4.98. The summed E-state index contributed by atoms with van der Waals surface area (Å²) in [5.74, 6) is -0.703. The number of carbonyl (C=O) groups excluding carboxylic acids is 1. The summed E-state index contributed by atoms with van der Waals surface area (Å²) in [4.78, 5) is 27.3. The van der Waals surface area contributed by atoms with Crippen LogP contribution in [-0.2, 0) is 10.2 Å². The van der Waals surface area contributed by atoms with Crippen molar-refractivity contribution in [3.8, 4) is 5.75 Å². The number of carboxylic acids is 1. The van der Waals surface area contributed by atoms with Gasteiger partial charge in [0.2, 0.25) is 0 Å². The number of ether oxygens (including phenoxy) is 2. The standard InChI is InChI=1S/C20H22N2O5/c1-26-16-4-2-15(3-5-16)20(7-10-27-11-8-20)13-22-18(23)14-6-9-21-17(12-14)19(24)25/h2-6,9,12H,7-8,10-11,13H2,1H3,(H,22,23)(H,24,25). The third kappa shape index (κ3) is 4.25. The number of rotatable bonds is 6. The van der Waals surface area contributed by atoms with Crippen LogP contribution in [0.3, 0.4) is 0 Å². The van der Waals surface area contributed by atoms with Gasteiger partial charge >= 0.3 is 5.97 Å². The molecule has 3 rings (SSSR count). The molecular weight excluding hydrogens is 348 g/mol. The summed E-state index contributed by atoms with van der Waals surface area (Å²) in [6.07, 6.45) is 2.90. The van der Waals surface area contributed by atoms with Gasteiger partial charge in [0.1, 0.15) is 11.4 Å². The first kappa shape index (κ1) is 18.8. The van der Waals surface area contributed by atoms with E-state index in [-0.39, 0.29) is 22.6 Å². The number of carboxylic acid groups (broad SMARTS) is 1. The average Bonchev–Trinajstić information content (AvgIpc) is 2.73. The second-order valence-corrected chi connectivity index (χ2v) is 6.54. The van der Waals surface area contributed by atoms with Gasteiger partial charge in [-0.25, -0.2) is 9.78 Å². The first-order valence-electron chi connectivity index (χ1n) is 8.74. The molecule has 1 aliphatic rings. The highest BCUT2D eigenvalue weighted by Gasteiger charge is 2.35. The number of nitrogens with zero attached hydrogens (tertiary/aromatic N) is 1. The summed E-state index contributed by atoms with van der Waals surface area (Å²) in [6.45, 7) is 1.69. The fourth-order valence-corrected chi connectivity index (χ4v) is 3.31. The molecule has 0 aliphatic carbocycles. The lowest BCUT2D eigenvalue weighted by Crippen LogP contribution is -2.44. The topological polar surface area (TPSA) is 97.8 Å². The highest BCUT2D eigenvalue weighted by atomic mass is 16.5. The van der Waals surface area contributed by atoms with Crippen molar-refractivity contribution < 1.29 is 24.2 Å². The molecule has 0 bridgehead atoms. The van der Waals surface area contributed by atoms with Crippen LogP contribution in [-0.4, -0.2) is 48.8 Å². The van der Waals surface area contributed by atoms with E-state index >= 15 is 0 Å². The van der Waals surface area contributed by atoms with Crippen molar-refractivity contribution in [2.75, 3.05) is 26.9 Å². The summed E-state index contributed by atoms with van der Waals surface area (Å²) in [5, 5.41) is 12.0. The number of aromatic nitrogens is 1. The SMILES string of the molecule is COc1ccc(C2(CNC(=O)c3ccnc(C(=O)O)c3)CCOCC2)cc1. The number of hydrogen-bond donors (Lipinski definition) is 2. The molecule has 27 heavy (non-hydrogen) atoms. The highest BCUT2D eigenvalue weighted by Crippen LogP contribution is 2.35. The third-order valence-electron chi connectivity index (χ3n) is 4.98. The van der Waals surface area contributed by atoms with Gasteiger partial charge in [0.05, 0.1) is 7.11 Å². The van der Waals surface area contributed by atoms with Crippen molar-refractivity contribution in [3.63, 3.8) is 0 Å². The number of aromatic carboxylic acids is 1. The Hall–Kier alpha value is -2.93. The Kier molecular flexibility index (Phi) is 5.71. The monoisotopic (exact) mass is 370 g/mol. The lowest BCUT2D eigenvalue weighted by Gasteiger charge is -2.38. The molecule has 1 fully saturated rings. The fraction of sp³-hybridized carbons (Fsp3) is 0.350. The smallest absolute Gasteiger partial charge is 0.354 e. The molecule has 0 unspecified atom stereocenters. The van der Waals surface area contributed by atoms with Gasteiger partial charge in [-0.2, -0.15) is 0 Å². The molecule has 142 valence electrons. The van der Waals surface area contributed by atoms with Crippen molar-refractivity contribution in [3.05, 3.63) is 59.4 Å². The zero-order valence-electron chi connectivity index (χ0n) is 15.1. The van der Waals surface area contributed by atoms with Crippen LogP contribution in [0, 0.1) is 0 Å². The van der Waals surface area contributed by atoms with E-state index < -0.39 is 5.97 Å². The minimum absolute atomic E-state index is 0.154. The van der Waals surface area contributed by atoms with Crippen molar-refractivity contribution in [1.82, 2.24) is 10.3 Å². The van der Waals surface area contributed by atoms with E-state index in [4.69, 9.17) is 14.6 Å². The van der Waals surface area contributed by atoms with Crippen molar-refractivity contribution in [2.24, 2.45) is 0 Å². The second-order valence-electron chi connectivity index (χ2n) is 6.54. The molecule has 1 saturated heterocycles. The first-order valence-corrected chi connectivity index (χ1v) is 8.74. The lowest BCUT2D eigenvalue weighted by atomic mass is 9.74. The van der Waals surface area contributed by atoms with Crippen LogP contribution < -0.4 is 10.1 Å². The number of pyridine rings is 1. The molecule has 0 atom stereocenters. The molecule has 0 spiro atoms. The molecule has 0 saturated carbocycles. The Labute approximate surface area is 157 Å². The maximum atomic E-state index is 12.6. The minimum Gasteiger partial charge on any atom is -0.497 e. The summed E-state index contributed by atoms with van der Waals surface area (Å²) >= 11 is 0. The van der Waals surface area contributed by atoms with Crippen molar-refractivity contribution in [1.29, 1.82) is 0 Å². The Morgan fingerprint density at radius 1 is 1.22 bits per heavy atom. The van der Waals surface area contributed by atoms with Gasteiger partial charge in [-0.05, 0) is 42.7 Å². The molecule has 1 amide bonds. The fourth-order valence-electron chi connectivity index (χ4n) is 3.31. The van der Waals surface area contributed by atoms with Crippen LogP contribution >= 0.6 is 0 Å².